The standard InChI is InChI=1S/C9H13N.2C8H13N.2C7H12N2.2C7H11NO.C7H11NS.C6H6.C4H10.7CH4/c1-9(2,3)8-6-4-5-7-10-8;1-8(2,3)9-6-4-5-7-9;1-8(2,3)7-5-4-6-9-7;1-7(2,3)6-8-4-5-9-6;1-7(2,3)9-6-4-5-8-9;1-7(2,3)6-8-4-5-9-6;1-7(2,3)6-4-5-9-8-6;1-7(2,3)6-8-4-5-9-6;1-2-4-6-5-3-1;1-4(2)3;;;;;;;/h4-7H,1-3H3;4-7H,1-3H3;5-6H,4H2,1-3H3;4-5H,1-3H3,(H,8,9);4-6H,1-3H3;3*4-5H,1-3H3;1-6H;4H,1-3H3;7*1H4. The summed E-state index contributed by atoms with van der Waals surface area (Å²) in [6.45, 7) is 57.9. The summed E-state index contributed by atoms with van der Waals surface area (Å²) in [7, 11) is 0. The molecule has 0 radical (unpaired) electrons. The van der Waals surface area contributed by atoms with Crippen molar-refractivity contribution in [1.29, 1.82) is 0 Å². The molecule has 0 bridgehead atoms. The molecule has 90 heavy (non-hydrogen) atoms. The van der Waals surface area contributed by atoms with E-state index in [1.807, 2.05) is 114 Å². The number of H-pyrrole nitrogens is 1. The molecule has 0 unspecified atom stereocenters. The fourth-order valence-electron chi connectivity index (χ4n) is 5.97. The Hall–Kier alpha value is -6.47. The number of oxazole rings is 1. The van der Waals surface area contributed by atoms with Crippen molar-refractivity contribution in [2.45, 2.75) is 284 Å². The number of benzene rings is 1. The molecule has 516 valence electrons. The van der Waals surface area contributed by atoms with Gasteiger partial charge in [-0.2, -0.15) is 5.10 Å². The number of nitrogens with one attached hydrogen (secondary N) is 1. The lowest BCUT2D eigenvalue weighted by atomic mass is 9.92. The summed E-state index contributed by atoms with van der Waals surface area (Å²) < 4.78 is 13.9. The van der Waals surface area contributed by atoms with Gasteiger partial charge in [0.15, 0.2) is 5.89 Å². The van der Waals surface area contributed by atoms with E-state index >= 15 is 0 Å². The molecule has 0 aliphatic carbocycles. The molecule has 8 heterocycles. The highest BCUT2D eigenvalue weighted by molar-refractivity contribution is 7.09. The summed E-state index contributed by atoms with van der Waals surface area (Å²) in [4.78, 5) is 23.9. The lowest BCUT2D eigenvalue weighted by Crippen LogP contribution is -2.21. The quantitative estimate of drug-likeness (QED) is 0.158. The van der Waals surface area contributed by atoms with Crippen molar-refractivity contribution in [2.75, 3.05) is 0 Å². The number of hydrogen-bond acceptors (Lipinski definition) is 10. The van der Waals surface area contributed by atoms with Crippen LogP contribution in [0.3, 0.4) is 0 Å². The fraction of sp³-hybridized carbons (Fsp3) is 0.571. The van der Waals surface area contributed by atoms with E-state index in [0.717, 1.165) is 35.4 Å². The number of thiazole rings is 1. The number of aliphatic imine (C=N–C) groups is 1. The number of aromatic nitrogens is 9. The van der Waals surface area contributed by atoms with Crippen LogP contribution in [0.2, 0.25) is 0 Å². The molecular weight excluding hydrogens is 1130 g/mol. The van der Waals surface area contributed by atoms with Gasteiger partial charge in [0.2, 0.25) is 0 Å². The zero-order valence-corrected chi connectivity index (χ0v) is 57.4. The Kier molecular flexibility index (Phi) is 52.6. The Balaban J connectivity index is -0.000000138. The van der Waals surface area contributed by atoms with Crippen LogP contribution in [0, 0.1) is 11.3 Å². The van der Waals surface area contributed by atoms with Crippen LogP contribution in [-0.4, -0.2) is 50.6 Å². The van der Waals surface area contributed by atoms with Crippen molar-refractivity contribution < 1.29 is 8.94 Å². The maximum Gasteiger partial charge on any atom is 0.199 e. The van der Waals surface area contributed by atoms with Crippen molar-refractivity contribution in [1.82, 2.24) is 44.4 Å². The van der Waals surface area contributed by atoms with Gasteiger partial charge < -0.3 is 18.5 Å². The zero-order chi connectivity index (χ0) is 63.8. The first-order valence-corrected chi connectivity index (χ1v) is 29.9. The zero-order valence-electron chi connectivity index (χ0n) is 56.6. The maximum absolute atomic E-state index is 5.09. The molecule has 8 aromatic rings. The molecule has 1 aromatic carbocycles. The first kappa shape index (κ1) is 99.7. The van der Waals surface area contributed by atoms with E-state index in [2.05, 4.69) is 256 Å². The van der Waals surface area contributed by atoms with Crippen molar-refractivity contribution in [3.05, 3.63) is 192 Å². The average molecular weight is 1270 g/mol. The minimum Gasteiger partial charge on any atom is -0.448 e. The third-order valence-corrected chi connectivity index (χ3v) is 11.8. The lowest BCUT2D eigenvalue weighted by Gasteiger charge is -2.20. The van der Waals surface area contributed by atoms with Gasteiger partial charge in [-0.1, -0.05) is 251 Å². The molecule has 0 spiro atoms. The van der Waals surface area contributed by atoms with Gasteiger partial charge in [-0.3, -0.25) is 14.7 Å². The molecule has 0 amide bonds. The molecule has 9 rings (SSSR count). The smallest absolute Gasteiger partial charge is 0.199 e. The summed E-state index contributed by atoms with van der Waals surface area (Å²) in [5.74, 6) is 2.67. The molecule has 0 saturated heterocycles. The van der Waals surface area contributed by atoms with Crippen LogP contribution in [0.25, 0.3) is 0 Å². The molecular formula is C77H140N10O2S. The Morgan fingerprint density at radius 3 is 1.19 bits per heavy atom. The molecule has 1 aliphatic heterocycles. The molecule has 7 aromatic heterocycles. The molecule has 0 atom stereocenters. The van der Waals surface area contributed by atoms with E-state index < -0.39 is 0 Å². The Labute approximate surface area is 560 Å². The van der Waals surface area contributed by atoms with Gasteiger partial charge in [-0.25, -0.2) is 15.0 Å². The minimum absolute atomic E-state index is 0. The highest BCUT2D eigenvalue weighted by Gasteiger charge is 2.20. The first-order valence-electron chi connectivity index (χ1n) is 29.1. The lowest BCUT2D eigenvalue weighted by molar-refractivity contribution is 0.355. The topological polar surface area (TPSA) is 142 Å². The molecule has 1 N–H and O–H groups in total. The summed E-state index contributed by atoms with van der Waals surface area (Å²) >= 11 is 1.72. The number of allylic oxidation sites excluding steroid dienone is 2. The second kappa shape index (κ2) is 47.4. The van der Waals surface area contributed by atoms with Crippen LogP contribution < -0.4 is 0 Å². The van der Waals surface area contributed by atoms with Crippen LogP contribution in [0.5, 0.6) is 0 Å². The first-order chi connectivity index (χ1) is 38.1. The molecule has 1 aliphatic rings. The van der Waals surface area contributed by atoms with Gasteiger partial charge >= 0.3 is 0 Å². The van der Waals surface area contributed by atoms with Crippen LogP contribution >= 0.6 is 11.3 Å². The molecule has 0 fully saturated rings. The Morgan fingerprint density at radius 2 is 0.989 bits per heavy atom. The number of rotatable bonds is 0. The van der Waals surface area contributed by atoms with Crippen LogP contribution in [0.1, 0.15) is 273 Å². The predicted molar refractivity (Wildman–Crippen MR) is 403 cm³/mol. The highest BCUT2D eigenvalue weighted by Crippen LogP contribution is 2.28. The van der Waals surface area contributed by atoms with Gasteiger partial charge in [-0.05, 0) is 77.8 Å². The minimum atomic E-state index is 0. The van der Waals surface area contributed by atoms with E-state index in [4.69, 9.17) is 8.94 Å². The van der Waals surface area contributed by atoms with E-state index in [1.54, 1.807) is 42.5 Å². The third-order valence-electron chi connectivity index (χ3n) is 10.6. The average Bonchev–Trinajstić information content (AvgIpc) is 4.42. The van der Waals surface area contributed by atoms with Crippen molar-refractivity contribution in [2.24, 2.45) is 16.3 Å². The Bertz CT molecular complexity index is 2390. The summed E-state index contributed by atoms with van der Waals surface area (Å²) in [6.07, 6.45) is 25.3. The number of hydrogen-bond donors (Lipinski definition) is 1. The summed E-state index contributed by atoms with van der Waals surface area (Å²) in [5.41, 5.74) is 4.72. The van der Waals surface area contributed by atoms with Crippen molar-refractivity contribution in [3.8, 4) is 0 Å². The normalized spacial score (nSPS) is 11.2. The Morgan fingerprint density at radius 1 is 0.467 bits per heavy atom. The van der Waals surface area contributed by atoms with Crippen molar-refractivity contribution >= 4 is 17.6 Å². The van der Waals surface area contributed by atoms with Gasteiger partial charge in [0.1, 0.15) is 18.4 Å². The predicted octanol–water partition coefficient (Wildman–Crippen LogP) is 24.5. The second-order valence-electron chi connectivity index (χ2n) is 28.6. The maximum atomic E-state index is 5.09. The summed E-state index contributed by atoms with van der Waals surface area (Å²) in [5, 5.41) is 11.1. The molecule has 0 saturated carbocycles. The van der Waals surface area contributed by atoms with E-state index in [0.29, 0.717) is 0 Å². The SMILES string of the molecule is C.C.C.C.C.C.C.CC(C)(C)C1=CCC=N1.CC(C)(C)c1ccccn1.CC(C)(C)c1ccon1.CC(C)(C)c1ncc[nH]1.CC(C)(C)c1ncco1.CC(C)(C)c1nccs1.CC(C)(C)n1cccc1.CC(C)(C)n1cccn1.CC(C)C.c1ccccc1. The second-order valence-corrected chi connectivity index (χ2v) is 29.5. The number of nitrogens with zero attached hydrogens (tertiary/aromatic N) is 9. The number of pyridine rings is 1. The van der Waals surface area contributed by atoms with Gasteiger partial charge in [0.25, 0.3) is 0 Å². The van der Waals surface area contributed by atoms with Crippen LogP contribution in [-0.2, 0) is 38.2 Å². The van der Waals surface area contributed by atoms with Crippen molar-refractivity contribution in [3.63, 3.8) is 0 Å². The largest absolute Gasteiger partial charge is 0.448 e. The molecule has 13 heteroatoms. The molecule has 12 nitrogen and oxygen atoms in total. The van der Waals surface area contributed by atoms with E-state index in [9.17, 15) is 0 Å². The van der Waals surface area contributed by atoms with Gasteiger partial charge in [0, 0.05) is 123 Å². The summed E-state index contributed by atoms with van der Waals surface area (Å²) in [6, 6.07) is 25.9. The van der Waals surface area contributed by atoms with Gasteiger partial charge in [-0.15, -0.1) is 11.3 Å². The number of imidazole rings is 1. The van der Waals surface area contributed by atoms with Crippen LogP contribution in [0.4, 0.5) is 0 Å². The highest BCUT2D eigenvalue weighted by atomic mass is 32.1. The number of aromatic amines is 1. The fourth-order valence-corrected chi connectivity index (χ4v) is 6.70. The van der Waals surface area contributed by atoms with E-state index in [-0.39, 0.29) is 95.6 Å². The van der Waals surface area contributed by atoms with Crippen LogP contribution in [0.15, 0.2) is 178 Å². The third kappa shape index (κ3) is 48.4. The monoisotopic (exact) mass is 1270 g/mol. The van der Waals surface area contributed by atoms with E-state index in [1.165, 1.54) is 10.7 Å². The van der Waals surface area contributed by atoms with Gasteiger partial charge in [0.05, 0.1) is 22.4 Å².